The molecule has 1 rings (SSSR count). The Morgan fingerprint density at radius 1 is 1.38 bits per heavy atom. The molecule has 1 aromatic heterocycles. The molecule has 1 atom stereocenters. The second kappa shape index (κ2) is 7.86. The third kappa shape index (κ3) is 4.62. The van der Waals surface area contributed by atoms with Crippen molar-refractivity contribution in [2.24, 2.45) is 5.92 Å². The predicted octanol–water partition coefficient (Wildman–Crippen LogP) is 3.46. The maximum absolute atomic E-state index is 12.4. The molecule has 1 heterocycles. The Balaban J connectivity index is 2.71. The fourth-order valence-corrected chi connectivity index (χ4v) is 2.41. The average Bonchev–Trinajstić information content (AvgIpc) is 2.80. The zero-order valence-corrected chi connectivity index (χ0v) is 13.3. The van der Waals surface area contributed by atoms with Gasteiger partial charge in [-0.3, -0.25) is 4.79 Å². The molecule has 21 heavy (non-hydrogen) atoms. The van der Waals surface area contributed by atoms with E-state index in [0.29, 0.717) is 18.1 Å². The molecule has 0 saturated carbocycles. The van der Waals surface area contributed by atoms with Crippen LogP contribution in [0.15, 0.2) is 10.5 Å². The second-order valence-corrected chi connectivity index (χ2v) is 5.43. The number of amides is 1. The van der Waals surface area contributed by atoms with Crippen LogP contribution in [0.25, 0.3) is 0 Å². The number of aromatic carboxylic acids is 1. The molecular weight excluding hydrogens is 270 g/mol. The molecule has 0 radical (unpaired) electrons. The van der Waals surface area contributed by atoms with Gasteiger partial charge in [0, 0.05) is 13.0 Å². The van der Waals surface area contributed by atoms with Crippen molar-refractivity contribution in [3.63, 3.8) is 0 Å². The van der Waals surface area contributed by atoms with E-state index in [0.717, 1.165) is 25.7 Å². The van der Waals surface area contributed by atoms with Crippen molar-refractivity contribution >= 4 is 11.9 Å². The van der Waals surface area contributed by atoms with Gasteiger partial charge in [-0.15, -0.1) is 0 Å². The lowest BCUT2D eigenvalue weighted by Gasteiger charge is -2.22. The van der Waals surface area contributed by atoms with Crippen LogP contribution in [0, 0.1) is 12.8 Å². The lowest BCUT2D eigenvalue weighted by atomic mass is 9.98. The number of carbonyl (C=O) groups excluding carboxylic acids is 1. The van der Waals surface area contributed by atoms with Gasteiger partial charge in [0.05, 0.1) is 6.54 Å². The highest BCUT2D eigenvalue weighted by molar-refractivity contribution is 5.88. The molecule has 5 nitrogen and oxygen atoms in total. The monoisotopic (exact) mass is 295 g/mol. The van der Waals surface area contributed by atoms with E-state index in [1.807, 2.05) is 6.92 Å². The third-order valence-electron chi connectivity index (χ3n) is 3.72. The number of furan rings is 1. The minimum Gasteiger partial charge on any atom is -0.478 e. The van der Waals surface area contributed by atoms with Crippen LogP contribution in [0.3, 0.4) is 0 Å². The SMILES string of the molecule is CCCCC(CC)C(=O)N(C)Cc1cc(C(=O)O)c(C)o1. The van der Waals surface area contributed by atoms with Gasteiger partial charge < -0.3 is 14.4 Å². The summed E-state index contributed by atoms with van der Waals surface area (Å²) in [5.74, 6) is -0.00448. The summed E-state index contributed by atoms with van der Waals surface area (Å²) in [6.45, 7) is 6.05. The summed E-state index contributed by atoms with van der Waals surface area (Å²) < 4.78 is 5.42. The topological polar surface area (TPSA) is 70.8 Å². The zero-order valence-electron chi connectivity index (χ0n) is 13.3. The standard InChI is InChI=1S/C16H25NO4/c1-5-7-8-12(6-2)15(18)17(4)10-13-9-14(16(19)20)11(3)21-13/h9,12H,5-8,10H2,1-4H3,(H,19,20). The average molecular weight is 295 g/mol. The van der Waals surface area contributed by atoms with Gasteiger partial charge in [0.2, 0.25) is 5.91 Å². The smallest absolute Gasteiger partial charge is 0.339 e. The molecular formula is C16H25NO4. The molecule has 1 aromatic rings. The summed E-state index contributed by atoms with van der Waals surface area (Å²) >= 11 is 0. The Kier molecular flexibility index (Phi) is 6.46. The molecule has 0 spiro atoms. The Bertz CT molecular complexity index is 492. The molecule has 1 amide bonds. The van der Waals surface area contributed by atoms with Gasteiger partial charge in [0.25, 0.3) is 0 Å². The number of hydrogen-bond donors (Lipinski definition) is 1. The predicted molar refractivity (Wildman–Crippen MR) is 80.2 cm³/mol. The van der Waals surface area contributed by atoms with E-state index in [1.54, 1.807) is 18.9 Å². The van der Waals surface area contributed by atoms with Crippen molar-refractivity contribution < 1.29 is 19.1 Å². The van der Waals surface area contributed by atoms with Crippen LogP contribution in [-0.4, -0.2) is 28.9 Å². The van der Waals surface area contributed by atoms with Crippen LogP contribution < -0.4 is 0 Å². The Labute approximate surface area is 125 Å². The first kappa shape index (κ1) is 17.3. The van der Waals surface area contributed by atoms with Crippen molar-refractivity contribution in [1.82, 2.24) is 4.90 Å². The van der Waals surface area contributed by atoms with E-state index in [9.17, 15) is 9.59 Å². The summed E-state index contributed by atoms with van der Waals surface area (Å²) in [4.78, 5) is 25.0. The van der Waals surface area contributed by atoms with E-state index in [-0.39, 0.29) is 17.4 Å². The molecule has 0 aliphatic carbocycles. The molecule has 0 fully saturated rings. The van der Waals surface area contributed by atoms with Gasteiger partial charge in [-0.05, 0) is 25.8 Å². The van der Waals surface area contributed by atoms with Gasteiger partial charge in [-0.2, -0.15) is 0 Å². The maximum atomic E-state index is 12.4. The van der Waals surface area contributed by atoms with Crippen LogP contribution in [0.1, 0.15) is 61.4 Å². The molecule has 0 saturated heterocycles. The van der Waals surface area contributed by atoms with E-state index < -0.39 is 5.97 Å². The molecule has 0 aliphatic rings. The van der Waals surface area contributed by atoms with Crippen LogP contribution >= 0.6 is 0 Å². The fourth-order valence-electron chi connectivity index (χ4n) is 2.41. The minimum atomic E-state index is -1.01. The second-order valence-electron chi connectivity index (χ2n) is 5.43. The Hall–Kier alpha value is -1.78. The van der Waals surface area contributed by atoms with Gasteiger partial charge >= 0.3 is 5.97 Å². The molecule has 0 aromatic carbocycles. The first-order valence-corrected chi connectivity index (χ1v) is 7.48. The normalized spacial score (nSPS) is 12.2. The lowest BCUT2D eigenvalue weighted by Crippen LogP contribution is -2.32. The fraction of sp³-hybridized carbons (Fsp3) is 0.625. The highest BCUT2D eigenvalue weighted by Crippen LogP contribution is 2.19. The molecule has 0 aliphatic heterocycles. The molecule has 1 unspecified atom stereocenters. The van der Waals surface area contributed by atoms with Gasteiger partial charge in [0.1, 0.15) is 17.1 Å². The van der Waals surface area contributed by atoms with Crippen molar-refractivity contribution in [3.8, 4) is 0 Å². The molecule has 118 valence electrons. The number of hydrogen-bond acceptors (Lipinski definition) is 3. The Morgan fingerprint density at radius 3 is 2.52 bits per heavy atom. The maximum Gasteiger partial charge on any atom is 0.339 e. The van der Waals surface area contributed by atoms with Gasteiger partial charge in [-0.25, -0.2) is 4.79 Å². The van der Waals surface area contributed by atoms with Crippen molar-refractivity contribution in [3.05, 3.63) is 23.2 Å². The quantitative estimate of drug-likeness (QED) is 0.797. The number of carboxylic acids is 1. The van der Waals surface area contributed by atoms with Crippen LogP contribution in [0.4, 0.5) is 0 Å². The lowest BCUT2D eigenvalue weighted by molar-refractivity contribution is -0.135. The van der Waals surface area contributed by atoms with E-state index in [2.05, 4.69) is 6.92 Å². The number of carboxylic acid groups (broad SMARTS) is 1. The highest BCUT2D eigenvalue weighted by Gasteiger charge is 2.22. The number of nitrogens with zero attached hydrogens (tertiary/aromatic N) is 1. The van der Waals surface area contributed by atoms with Gasteiger partial charge in [-0.1, -0.05) is 26.7 Å². The summed E-state index contributed by atoms with van der Waals surface area (Å²) in [5.41, 5.74) is 0.156. The first-order chi connectivity index (χ1) is 9.90. The molecule has 5 heteroatoms. The summed E-state index contributed by atoms with van der Waals surface area (Å²) in [7, 11) is 1.73. The van der Waals surface area contributed by atoms with Crippen LogP contribution in [0.2, 0.25) is 0 Å². The summed E-state index contributed by atoms with van der Waals surface area (Å²) in [6, 6.07) is 1.49. The van der Waals surface area contributed by atoms with Crippen molar-refractivity contribution in [2.75, 3.05) is 7.05 Å². The van der Waals surface area contributed by atoms with Crippen LogP contribution in [0.5, 0.6) is 0 Å². The number of aryl methyl sites for hydroxylation is 1. The molecule has 1 N–H and O–H groups in total. The molecule has 0 bridgehead atoms. The highest BCUT2D eigenvalue weighted by atomic mass is 16.4. The first-order valence-electron chi connectivity index (χ1n) is 7.48. The minimum absolute atomic E-state index is 0.0324. The number of unbranched alkanes of at least 4 members (excludes halogenated alkanes) is 1. The Morgan fingerprint density at radius 2 is 2.05 bits per heavy atom. The van der Waals surface area contributed by atoms with Crippen LogP contribution in [-0.2, 0) is 11.3 Å². The summed E-state index contributed by atoms with van der Waals surface area (Å²) in [6.07, 6.45) is 3.84. The van der Waals surface area contributed by atoms with E-state index in [4.69, 9.17) is 9.52 Å². The zero-order chi connectivity index (χ0) is 16.0. The van der Waals surface area contributed by atoms with E-state index >= 15 is 0 Å². The summed E-state index contributed by atoms with van der Waals surface area (Å²) in [5, 5.41) is 9.01. The van der Waals surface area contributed by atoms with Crippen molar-refractivity contribution in [2.45, 2.75) is 53.0 Å². The van der Waals surface area contributed by atoms with Gasteiger partial charge in [0.15, 0.2) is 0 Å². The number of carbonyl (C=O) groups is 2. The largest absolute Gasteiger partial charge is 0.478 e. The van der Waals surface area contributed by atoms with E-state index in [1.165, 1.54) is 6.07 Å². The number of rotatable bonds is 8. The van der Waals surface area contributed by atoms with Crippen molar-refractivity contribution in [1.29, 1.82) is 0 Å². The third-order valence-corrected chi connectivity index (χ3v) is 3.72.